The number of carbonyl (C=O) groups excluding carboxylic acids is 1. The molecule has 1 aliphatic heterocycles. The Kier molecular flexibility index (Phi) is 6.10. The van der Waals surface area contributed by atoms with Crippen LogP contribution in [0.3, 0.4) is 0 Å². The summed E-state index contributed by atoms with van der Waals surface area (Å²) >= 11 is 11.0. The Hall–Kier alpha value is -2.39. The van der Waals surface area contributed by atoms with Crippen molar-refractivity contribution in [2.45, 2.75) is 6.42 Å². The third-order valence-electron chi connectivity index (χ3n) is 4.52. The van der Waals surface area contributed by atoms with Gasteiger partial charge in [0.25, 0.3) is 5.91 Å². The average Bonchev–Trinajstić information content (AvgIpc) is 3.16. The number of benzene rings is 2. The largest absolute Gasteiger partial charge is 0.593 e. The average molecular weight is 465 g/mol. The number of nitrogens with one attached hydrogen (secondary N) is 1. The van der Waals surface area contributed by atoms with Crippen LogP contribution in [0.5, 0.6) is 0 Å². The smallest absolute Gasteiger partial charge is 0.257 e. The molecule has 1 amide bonds. The van der Waals surface area contributed by atoms with Gasteiger partial charge in [-0.1, -0.05) is 23.2 Å². The summed E-state index contributed by atoms with van der Waals surface area (Å²) in [5, 5.41) is 2.78. The highest BCUT2D eigenvalue weighted by atomic mass is 35.5. The van der Waals surface area contributed by atoms with Crippen LogP contribution in [0.4, 0.5) is 15.8 Å². The van der Waals surface area contributed by atoms with Crippen LogP contribution in [0.1, 0.15) is 16.8 Å². The van der Waals surface area contributed by atoms with Crippen molar-refractivity contribution in [2.24, 2.45) is 0 Å². The van der Waals surface area contributed by atoms with Crippen LogP contribution < -0.4 is 9.62 Å². The number of hydrogen-bond donors (Lipinski definition) is 1. The first-order chi connectivity index (χ1) is 14.4. The van der Waals surface area contributed by atoms with Crippen LogP contribution in [0.2, 0.25) is 10.0 Å². The summed E-state index contributed by atoms with van der Waals surface area (Å²) in [5.41, 5.74) is 2.12. The molecular formula is C20H15Cl2FN4O2S. The lowest BCUT2D eigenvalue weighted by Crippen LogP contribution is -2.26. The second-order valence-corrected chi connectivity index (χ2v) is 8.89. The van der Waals surface area contributed by atoms with Crippen molar-refractivity contribution in [1.82, 2.24) is 9.97 Å². The van der Waals surface area contributed by atoms with E-state index >= 15 is 0 Å². The molecule has 1 unspecified atom stereocenters. The summed E-state index contributed by atoms with van der Waals surface area (Å²) < 4.78 is 28.1. The second kappa shape index (κ2) is 8.77. The molecule has 0 saturated carbocycles. The topological polar surface area (TPSA) is 81.2 Å². The maximum absolute atomic E-state index is 14.4. The van der Waals surface area contributed by atoms with Crippen LogP contribution in [0, 0.1) is 5.82 Å². The fourth-order valence-corrected chi connectivity index (χ4v) is 4.85. The number of hydrogen-bond acceptors (Lipinski definition) is 5. The van der Waals surface area contributed by atoms with E-state index in [0.29, 0.717) is 34.3 Å². The van der Waals surface area contributed by atoms with E-state index in [1.54, 1.807) is 34.9 Å². The minimum absolute atomic E-state index is 0.0554. The third-order valence-corrected chi connectivity index (χ3v) is 6.65. The number of aromatic nitrogens is 2. The standard InChI is InChI=1S/C20H15Cl2FN4O2S/c21-14-4-12(13-9-24-11-25-10-13)5-15(6-14)26-20(28)17-7-16(8-18(23)19(17)22)27-2-1-3-30(27)29/h4-11H,1-3H2,(H,26,28). The molecule has 0 bridgehead atoms. The summed E-state index contributed by atoms with van der Waals surface area (Å²) in [6.45, 7) is 0.519. The van der Waals surface area contributed by atoms with Crippen LogP contribution in [0.15, 0.2) is 49.1 Å². The predicted octanol–water partition coefficient (Wildman–Crippen LogP) is 4.72. The van der Waals surface area contributed by atoms with Crippen molar-refractivity contribution in [3.8, 4) is 11.1 Å². The fourth-order valence-electron chi connectivity index (χ4n) is 3.15. The van der Waals surface area contributed by atoms with Gasteiger partial charge in [-0.15, -0.1) is 0 Å². The van der Waals surface area contributed by atoms with Crippen LogP contribution in [0.25, 0.3) is 11.1 Å². The molecule has 1 aromatic heterocycles. The van der Waals surface area contributed by atoms with Crippen molar-refractivity contribution < 1.29 is 13.7 Å². The summed E-state index contributed by atoms with van der Waals surface area (Å²) in [4.78, 5) is 20.8. The van der Waals surface area contributed by atoms with E-state index in [2.05, 4.69) is 15.3 Å². The summed E-state index contributed by atoms with van der Waals surface area (Å²) in [6.07, 6.45) is 5.38. The second-order valence-electron chi connectivity index (χ2n) is 6.58. The number of amides is 1. The maximum atomic E-state index is 14.4. The van der Waals surface area contributed by atoms with Gasteiger partial charge < -0.3 is 9.87 Å². The zero-order valence-electron chi connectivity index (χ0n) is 15.4. The lowest BCUT2D eigenvalue weighted by Gasteiger charge is -2.20. The Morgan fingerprint density at radius 1 is 1.13 bits per heavy atom. The number of rotatable bonds is 4. The van der Waals surface area contributed by atoms with Gasteiger partial charge in [-0.3, -0.25) is 4.79 Å². The molecule has 10 heteroatoms. The minimum Gasteiger partial charge on any atom is -0.593 e. The summed E-state index contributed by atoms with van der Waals surface area (Å²) in [7, 11) is 0. The number of halogens is 3. The highest BCUT2D eigenvalue weighted by molar-refractivity contribution is 7.93. The number of carbonyl (C=O) groups is 1. The van der Waals surface area contributed by atoms with Gasteiger partial charge in [-0.05, 0) is 29.8 Å². The molecule has 1 aliphatic rings. The lowest BCUT2D eigenvalue weighted by atomic mass is 10.1. The Bertz CT molecular complexity index is 1100. The molecule has 1 fully saturated rings. The van der Waals surface area contributed by atoms with E-state index in [-0.39, 0.29) is 10.6 Å². The van der Waals surface area contributed by atoms with Crippen molar-refractivity contribution >= 4 is 51.8 Å². The molecule has 0 radical (unpaired) electrons. The van der Waals surface area contributed by atoms with Gasteiger partial charge >= 0.3 is 0 Å². The van der Waals surface area contributed by atoms with Gasteiger partial charge in [0, 0.05) is 41.2 Å². The molecule has 1 atom stereocenters. The van der Waals surface area contributed by atoms with Gasteiger partial charge in [-0.2, -0.15) is 4.31 Å². The normalized spacial score (nSPS) is 16.0. The van der Waals surface area contributed by atoms with Crippen molar-refractivity contribution in [2.75, 3.05) is 21.9 Å². The first-order valence-electron chi connectivity index (χ1n) is 8.95. The first-order valence-corrected chi connectivity index (χ1v) is 11.0. The highest BCUT2D eigenvalue weighted by Gasteiger charge is 2.29. The van der Waals surface area contributed by atoms with E-state index < -0.39 is 23.1 Å². The van der Waals surface area contributed by atoms with Crippen molar-refractivity contribution in [3.05, 3.63) is 70.5 Å². The molecular weight excluding hydrogens is 450 g/mol. The third kappa shape index (κ3) is 4.37. The monoisotopic (exact) mass is 464 g/mol. The number of anilines is 2. The molecule has 2 heterocycles. The van der Waals surface area contributed by atoms with Gasteiger partial charge in [0.2, 0.25) is 0 Å². The van der Waals surface area contributed by atoms with E-state index in [4.69, 9.17) is 23.2 Å². The van der Waals surface area contributed by atoms with E-state index in [0.717, 1.165) is 12.0 Å². The molecule has 1 saturated heterocycles. The summed E-state index contributed by atoms with van der Waals surface area (Å²) in [6, 6.07) is 7.62. The maximum Gasteiger partial charge on any atom is 0.257 e. The molecule has 2 aromatic carbocycles. The zero-order valence-corrected chi connectivity index (χ0v) is 17.8. The quantitative estimate of drug-likeness (QED) is 0.565. The molecule has 0 spiro atoms. The summed E-state index contributed by atoms with van der Waals surface area (Å²) in [5.74, 6) is -0.861. The first kappa shape index (κ1) is 20.9. The van der Waals surface area contributed by atoms with Crippen LogP contribution in [-0.2, 0) is 11.4 Å². The van der Waals surface area contributed by atoms with Gasteiger partial charge in [0.05, 0.1) is 34.2 Å². The molecule has 4 rings (SSSR count). The highest BCUT2D eigenvalue weighted by Crippen LogP contribution is 2.32. The van der Waals surface area contributed by atoms with Crippen molar-refractivity contribution in [1.29, 1.82) is 0 Å². The van der Waals surface area contributed by atoms with Gasteiger partial charge in [0.15, 0.2) is 0 Å². The minimum atomic E-state index is -1.25. The van der Waals surface area contributed by atoms with Crippen molar-refractivity contribution in [3.63, 3.8) is 0 Å². The zero-order chi connectivity index (χ0) is 21.3. The molecule has 30 heavy (non-hydrogen) atoms. The van der Waals surface area contributed by atoms with E-state index in [1.807, 2.05) is 0 Å². The predicted molar refractivity (Wildman–Crippen MR) is 117 cm³/mol. The SMILES string of the molecule is O=C(Nc1cc(Cl)cc(-c2cncnc2)c1)c1cc(N2CCC[S+]2[O-])cc(F)c1Cl. The van der Waals surface area contributed by atoms with E-state index in [9.17, 15) is 13.7 Å². The Morgan fingerprint density at radius 2 is 1.90 bits per heavy atom. The fraction of sp³-hybridized carbons (Fsp3) is 0.150. The van der Waals surface area contributed by atoms with Gasteiger partial charge in [-0.25, -0.2) is 14.4 Å². The molecule has 3 aromatic rings. The van der Waals surface area contributed by atoms with Crippen LogP contribution in [-0.4, -0.2) is 32.7 Å². The van der Waals surface area contributed by atoms with Crippen LogP contribution >= 0.6 is 23.2 Å². The van der Waals surface area contributed by atoms with Gasteiger partial charge in [0.1, 0.15) is 17.9 Å². The molecule has 0 aliphatic carbocycles. The Morgan fingerprint density at radius 3 is 2.60 bits per heavy atom. The molecule has 1 N–H and O–H groups in total. The lowest BCUT2D eigenvalue weighted by molar-refractivity contribution is 0.102. The molecule has 6 nitrogen and oxygen atoms in total. The molecule has 154 valence electrons. The number of nitrogens with zero attached hydrogens (tertiary/aromatic N) is 3. The van der Waals surface area contributed by atoms with E-state index in [1.165, 1.54) is 18.5 Å². The Balaban J connectivity index is 1.64. The Labute approximate surface area is 185 Å².